The molecule has 2 rings (SSSR count). The van der Waals surface area contributed by atoms with Gasteiger partial charge in [0.15, 0.2) is 5.11 Å². The molecule has 6 nitrogen and oxygen atoms in total. The lowest BCUT2D eigenvalue weighted by molar-refractivity contribution is -0.110. The first-order valence-electron chi connectivity index (χ1n) is 8.31. The molecular weight excluding hydrogens is 358 g/mol. The van der Waals surface area contributed by atoms with Gasteiger partial charge in [0, 0.05) is 5.69 Å². The fourth-order valence-electron chi connectivity index (χ4n) is 2.74. The van der Waals surface area contributed by atoms with Crippen LogP contribution in [0.25, 0.3) is 0 Å². The number of anilines is 1. The normalized spacial score (nSPS) is 12.0. The van der Waals surface area contributed by atoms with Crippen LogP contribution in [0.1, 0.15) is 28.2 Å². The maximum absolute atomic E-state index is 13.0. The fourth-order valence-corrected chi connectivity index (χ4v) is 2.79. The fraction of sp³-hybridized carbons (Fsp3) is 0.200. The first-order valence-corrected chi connectivity index (χ1v) is 8.71. The van der Waals surface area contributed by atoms with Gasteiger partial charge in [-0.05, 0) is 55.2 Å². The molecule has 2 aromatic carbocycles. The molecule has 0 saturated heterocycles. The maximum atomic E-state index is 13.0. The Morgan fingerprint density at radius 3 is 2.26 bits per heavy atom. The molecule has 0 saturated carbocycles. The Kier molecular flexibility index (Phi) is 6.63. The van der Waals surface area contributed by atoms with Crippen molar-refractivity contribution in [3.05, 3.63) is 64.7 Å². The van der Waals surface area contributed by atoms with Crippen LogP contribution in [0.15, 0.2) is 47.6 Å². The van der Waals surface area contributed by atoms with Gasteiger partial charge in [0.25, 0.3) is 5.91 Å². The third-order valence-electron chi connectivity index (χ3n) is 4.14. The van der Waals surface area contributed by atoms with Crippen molar-refractivity contribution in [2.75, 3.05) is 5.32 Å². The molecule has 0 aliphatic rings. The van der Waals surface area contributed by atoms with Crippen molar-refractivity contribution < 1.29 is 4.79 Å². The highest BCUT2D eigenvalue weighted by Crippen LogP contribution is 2.24. The highest BCUT2D eigenvalue weighted by molar-refractivity contribution is 7.80. The lowest BCUT2D eigenvalue weighted by Crippen LogP contribution is -2.33. The molecule has 0 heterocycles. The smallest absolute Gasteiger partial charge is 0.273 e. The molecule has 0 aliphatic heterocycles. The number of carbonyl (C=O) groups is 1. The predicted molar refractivity (Wildman–Crippen MR) is 111 cm³/mol. The van der Waals surface area contributed by atoms with Gasteiger partial charge < -0.3 is 11.1 Å². The monoisotopic (exact) mass is 379 g/mol. The average molecular weight is 379 g/mol. The van der Waals surface area contributed by atoms with E-state index in [-0.39, 0.29) is 10.8 Å². The lowest BCUT2D eigenvalue weighted by Gasteiger charge is -2.17. The van der Waals surface area contributed by atoms with E-state index >= 15 is 0 Å². The SMILES string of the molecule is Cc1ccccc1C(C#N)/C(=N/NC(N)=S)C(=O)Nc1c(C)cccc1C. The molecule has 1 unspecified atom stereocenters. The Bertz CT molecular complexity index is 925. The Hall–Kier alpha value is -3.24. The second-order valence-electron chi connectivity index (χ2n) is 6.11. The molecule has 0 fully saturated rings. The Balaban J connectivity index is 2.46. The number of thiocarbonyl (C=S) groups is 1. The van der Waals surface area contributed by atoms with Crippen molar-refractivity contribution in [3.63, 3.8) is 0 Å². The van der Waals surface area contributed by atoms with Crippen molar-refractivity contribution in [2.24, 2.45) is 10.8 Å². The molecular formula is C20H21N5OS. The summed E-state index contributed by atoms with van der Waals surface area (Å²) >= 11 is 4.78. The van der Waals surface area contributed by atoms with Crippen LogP contribution < -0.4 is 16.5 Å². The summed E-state index contributed by atoms with van der Waals surface area (Å²) < 4.78 is 0. The minimum Gasteiger partial charge on any atom is -0.375 e. The number of nitrogens with zero attached hydrogens (tertiary/aromatic N) is 2. The summed E-state index contributed by atoms with van der Waals surface area (Å²) in [5.41, 5.74) is 12.0. The molecule has 27 heavy (non-hydrogen) atoms. The highest BCUT2D eigenvalue weighted by Gasteiger charge is 2.27. The number of rotatable bonds is 5. The van der Waals surface area contributed by atoms with Crippen LogP contribution in [-0.4, -0.2) is 16.7 Å². The second kappa shape index (κ2) is 8.92. The van der Waals surface area contributed by atoms with Gasteiger partial charge in [0.05, 0.1) is 6.07 Å². The summed E-state index contributed by atoms with van der Waals surface area (Å²) in [5, 5.41) is 16.6. The number of nitrogens with one attached hydrogen (secondary N) is 2. The van der Waals surface area contributed by atoms with E-state index in [0.29, 0.717) is 11.3 Å². The number of hydrogen-bond acceptors (Lipinski definition) is 4. The summed E-state index contributed by atoms with van der Waals surface area (Å²) in [5.74, 6) is -1.37. The molecule has 0 spiro atoms. The van der Waals surface area contributed by atoms with Gasteiger partial charge in [-0.25, -0.2) is 0 Å². The Morgan fingerprint density at radius 2 is 1.70 bits per heavy atom. The first-order chi connectivity index (χ1) is 12.8. The molecule has 7 heteroatoms. The van der Waals surface area contributed by atoms with Crippen molar-refractivity contribution in [1.29, 1.82) is 5.26 Å². The molecule has 0 aliphatic carbocycles. The second-order valence-corrected chi connectivity index (χ2v) is 6.55. The third kappa shape index (κ3) is 4.90. The molecule has 138 valence electrons. The molecule has 4 N–H and O–H groups in total. The molecule has 0 bridgehead atoms. The number of amides is 1. The number of carbonyl (C=O) groups excluding carboxylic acids is 1. The average Bonchev–Trinajstić information content (AvgIpc) is 2.62. The summed E-state index contributed by atoms with van der Waals surface area (Å²) in [4.78, 5) is 13.0. The molecule has 1 amide bonds. The van der Waals surface area contributed by atoms with Crippen molar-refractivity contribution in [2.45, 2.75) is 26.7 Å². The minimum absolute atomic E-state index is 0.0118. The zero-order chi connectivity index (χ0) is 20.0. The molecule has 1 atom stereocenters. The maximum Gasteiger partial charge on any atom is 0.273 e. The van der Waals surface area contributed by atoms with E-state index in [1.165, 1.54) is 0 Å². The van der Waals surface area contributed by atoms with Crippen LogP contribution in [-0.2, 0) is 4.79 Å². The van der Waals surface area contributed by atoms with Crippen LogP contribution in [0.2, 0.25) is 0 Å². The van der Waals surface area contributed by atoms with E-state index < -0.39 is 11.8 Å². The van der Waals surface area contributed by atoms with Gasteiger partial charge >= 0.3 is 0 Å². The van der Waals surface area contributed by atoms with Crippen LogP contribution >= 0.6 is 12.2 Å². The summed E-state index contributed by atoms with van der Waals surface area (Å²) in [7, 11) is 0. The van der Waals surface area contributed by atoms with Crippen LogP contribution in [0.5, 0.6) is 0 Å². The van der Waals surface area contributed by atoms with Gasteiger partial charge in [-0.15, -0.1) is 0 Å². The van der Waals surface area contributed by atoms with E-state index in [2.05, 4.69) is 21.9 Å². The topological polar surface area (TPSA) is 103 Å². The number of aryl methyl sites for hydroxylation is 3. The number of hydrogen-bond donors (Lipinski definition) is 3. The van der Waals surface area contributed by atoms with Gasteiger partial charge in [-0.1, -0.05) is 42.5 Å². The largest absolute Gasteiger partial charge is 0.375 e. The number of hydrazone groups is 1. The molecule has 0 radical (unpaired) electrons. The standard InChI is InChI=1S/C20H21N5OS/c1-12-7-4-5-10-15(12)16(11-21)18(24-25-20(22)27)19(26)23-17-13(2)8-6-9-14(17)3/h4-10,16H,1-3H3,(H,23,26)(H3,22,25,27)/b24-18-. The summed E-state index contributed by atoms with van der Waals surface area (Å²) in [6.07, 6.45) is 0. The van der Waals surface area contributed by atoms with Crippen molar-refractivity contribution in [3.8, 4) is 6.07 Å². The zero-order valence-electron chi connectivity index (χ0n) is 15.4. The lowest BCUT2D eigenvalue weighted by atomic mass is 9.91. The van der Waals surface area contributed by atoms with Crippen molar-refractivity contribution >= 4 is 34.6 Å². The Morgan fingerprint density at radius 1 is 1.11 bits per heavy atom. The third-order valence-corrected chi connectivity index (χ3v) is 4.23. The zero-order valence-corrected chi connectivity index (χ0v) is 16.2. The number of para-hydroxylation sites is 1. The van der Waals surface area contributed by atoms with E-state index in [1.807, 2.05) is 57.2 Å². The van der Waals surface area contributed by atoms with Gasteiger partial charge in [0.2, 0.25) is 0 Å². The summed E-state index contributed by atoms with van der Waals surface area (Å²) in [6.45, 7) is 5.67. The van der Waals surface area contributed by atoms with Gasteiger partial charge in [0.1, 0.15) is 11.6 Å². The minimum atomic E-state index is -0.877. The molecule has 2 aromatic rings. The van der Waals surface area contributed by atoms with Crippen LogP contribution in [0, 0.1) is 32.1 Å². The van der Waals surface area contributed by atoms with Gasteiger partial charge in [-0.3, -0.25) is 10.2 Å². The van der Waals surface area contributed by atoms with Crippen LogP contribution in [0.3, 0.4) is 0 Å². The van der Waals surface area contributed by atoms with E-state index in [0.717, 1.165) is 16.7 Å². The van der Waals surface area contributed by atoms with E-state index in [4.69, 9.17) is 18.0 Å². The van der Waals surface area contributed by atoms with Crippen LogP contribution in [0.4, 0.5) is 5.69 Å². The van der Waals surface area contributed by atoms with E-state index in [1.54, 1.807) is 6.07 Å². The Labute approximate surface area is 164 Å². The number of benzene rings is 2. The summed E-state index contributed by atoms with van der Waals surface area (Å²) in [6, 6.07) is 15.2. The van der Waals surface area contributed by atoms with Gasteiger partial charge in [-0.2, -0.15) is 10.4 Å². The number of nitrogens with two attached hydrogens (primary N) is 1. The highest BCUT2D eigenvalue weighted by atomic mass is 32.1. The predicted octanol–water partition coefficient (Wildman–Crippen LogP) is 3.05. The molecule has 0 aromatic heterocycles. The van der Waals surface area contributed by atoms with Crippen molar-refractivity contribution in [1.82, 2.24) is 5.43 Å². The quantitative estimate of drug-likeness (QED) is 0.421. The first kappa shape index (κ1) is 20.1. The number of nitriles is 1. The van der Waals surface area contributed by atoms with E-state index in [9.17, 15) is 10.1 Å².